The summed E-state index contributed by atoms with van der Waals surface area (Å²) in [6.45, 7) is 7.17. The lowest BCUT2D eigenvalue weighted by Crippen LogP contribution is -2.15. The van der Waals surface area contributed by atoms with E-state index in [1.165, 1.54) is 0 Å². The van der Waals surface area contributed by atoms with E-state index in [9.17, 15) is 0 Å². The molecule has 0 bridgehead atoms. The van der Waals surface area contributed by atoms with Crippen LogP contribution in [0.15, 0.2) is 17.8 Å². The van der Waals surface area contributed by atoms with Gasteiger partial charge in [-0.05, 0) is 17.7 Å². The van der Waals surface area contributed by atoms with Crippen LogP contribution < -0.4 is 14.2 Å². The Kier molecular flexibility index (Phi) is 3.15. The highest BCUT2D eigenvalue weighted by Crippen LogP contribution is 2.42. The van der Waals surface area contributed by atoms with Crippen LogP contribution in [-0.2, 0) is 0 Å². The molecule has 1 aliphatic heterocycles. The van der Waals surface area contributed by atoms with Gasteiger partial charge in [0.1, 0.15) is 0 Å². The van der Waals surface area contributed by atoms with E-state index < -0.39 is 8.07 Å². The fourth-order valence-corrected chi connectivity index (χ4v) is 2.28. The fraction of sp³-hybridized carbons (Fsp3) is 0.385. The standard InChI is InChI=1S/C13H18O3Si/c1-14-11-7-10(5-6-17(2,3)4)8-12-13(11)16-9-15-12/h5-8H,9H2,1-4H3/b6-5+. The minimum atomic E-state index is -1.19. The first-order valence-corrected chi connectivity index (χ1v) is 9.24. The lowest BCUT2D eigenvalue weighted by atomic mass is 10.2. The predicted molar refractivity (Wildman–Crippen MR) is 71.5 cm³/mol. The first-order chi connectivity index (χ1) is 7.99. The molecule has 0 radical (unpaired) electrons. The third-order valence-corrected chi connectivity index (χ3v) is 3.62. The Bertz CT molecular complexity index is 447. The largest absolute Gasteiger partial charge is 0.493 e. The molecule has 0 aromatic heterocycles. The van der Waals surface area contributed by atoms with E-state index in [2.05, 4.69) is 31.4 Å². The molecule has 0 fully saturated rings. The Morgan fingerprint density at radius 1 is 1.24 bits per heavy atom. The number of benzene rings is 1. The molecule has 1 heterocycles. The summed E-state index contributed by atoms with van der Waals surface area (Å²) in [4.78, 5) is 0. The van der Waals surface area contributed by atoms with Crippen molar-refractivity contribution in [1.82, 2.24) is 0 Å². The van der Waals surface area contributed by atoms with E-state index in [-0.39, 0.29) is 6.79 Å². The van der Waals surface area contributed by atoms with Crippen LogP contribution in [0.25, 0.3) is 6.08 Å². The third kappa shape index (κ3) is 2.82. The number of hydrogen-bond donors (Lipinski definition) is 0. The van der Waals surface area contributed by atoms with Crippen molar-refractivity contribution in [2.45, 2.75) is 19.6 Å². The number of methoxy groups -OCH3 is 1. The Morgan fingerprint density at radius 2 is 2.00 bits per heavy atom. The smallest absolute Gasteiger partial charge is 0.231 e. The van der Waals surface area contributed by atoms with Crippen molar-refractivity contribution in [1.29, 1.82) is 0 Å². The fourth-order valence-electron chi connectivity index (χ4n) is 1.59. The maximum atomic E-state index is 5.39. The van der Waals surface area contributed by atoms with E-state index in [4.69, 9.17) is 14.2 Å². The van der Waals surface area contributed by atoms with Gasteiger partial charge >= 0.3 is 0 Å². The van der Waals surface area contributed by atoms with Crippen molar-refractivity contribution >= 4 is 14.1 Å². The summed E-state index contributed by atoms with van der Waals surface area (Å²) in [5, 5.41) is 0. The van der Waals surface area contributed by atoms with Gasteiger partial charge in [0.15, 0.2) is 11.5 Å². The van der Waals surface area contributed by atoms with Crippen LogP contribution in [-0.4, -0.2) is 22.0 Å². The Labute approximate surface area is 103 Å². The minimum absolute atomic E-state index is 0.271. The second kappa shape index (κ2) is 4.45. The van der Waals surface area contributed by atoms with Crippen LogP contribution in [0.2, 0.25) is 19.6 Å². The van der Waals surface area contributed by atoms with Crippen molar-refractivity contribution in [3.63, 3.8) is 0 Å². The monoisotopic (exact) mass is 250 g/mol. The zero-order valence-corrected chi connectivity index (χ0v) is 11.7. The van der Waals surface area contributed by atoms with E-state index in [0.29, 0.717) is 5.75 Å². The lowest BCUT2D eigenvalue weighted by Gasteiger charge is -2.09. The second-order valence-electron chi connectivity index (χ2n) is 5.16. The van der Waals surface area contributed by atoms with Crippen LogP contribution in [0.3, 0.4) is 0 Å². The molecule has 0 atom stereocenters. The maximum absolute atomic E-state index is 5.39. The van der Waals surface area contributed by atoms with Crippen molar-refractivity contribution in [3.05, 3.63) is 23.4 Å². The van der Waals surface area contributed by atoms with Crippen molar-refractivity contribution in [3.8, 4) is 17.2 Å². The molecule has 17 heavy (non-hydrogen) atoms. The predicted octanol–water partition coefficient (Wildman–Crippen LogP) is 3.31. The number of hydrogen-bond acceptors (Lipinski definition) is 3. The molecule has 2 rings (SSSR count). The summed E-state index contributed by atoms with van der Waals surface area (Å²) in [6, 6.07) is 3.96. The Hall–Kier alpha value is -1.42. The highest BCUT2D eigenvalue weighted by molar-refractivity contribution is 6.81. The third-order valence-electron chi connectivity index (χ3n) is 2.46. The number of rotatable bonds is 3. The van der Waals surface area contributed by atoms with Crippen molar-refractivity contribution in [2.24, 2.45) is 0 Å². The topological polar surface area (TPSA) is 27.7 Å². The van der Waals surface area contributed by atoms with E-state index >= 15 is 0 Å². The molecular formula is C13H18O3Si. The first-order valence-electron chi connectivity index (χ1n) is 5.66. The zero-order valence-electron chi connectivity index (χ0n) is 10.7. The normalized spacial score (nSPS) is 14.4. The van der Waals surface area contributed by atoms with Gasteiger partial charge in [-0.3, -0.25) is 0 Å². The summed E-state index contributed by atoms with van der Waals surface area (Å²) < 4.78 is 16.0. The van der Waals surface area contributed by atoms with Crippen LogP contribution in [0, 0.1) is 0 Å². The maximum Gasteiger partial charge on any atom is 0.231 e. The molecule has 1 aromatic carbocycles. The summed E-state index contributed by atoms with van der Waals surface area (Å²) in [7, 11) is 0.456. The van der Waals surface area contributed by atoms with Gasteiger partial charge in [0.25, 0.3) is 0 Å². The lowest BCUT2D eigenvalue weighted by molar-refractivity contribution is 0.171. The Balaban J connectivity index is 2.34. The van der Waals surface area contributed by atoms with Crippen molar-refractivity contribution < 1.29 is 14.2 Å². The van der Waals surface area contributed by atoms with E-state index in [1.807, 2.05) is 12.1 Å². The molecule has 0 aliphatic carbocycles. The summed E-state index contributed by atoms with van der Waals surface area (Å²) >= 11 is 0. The molecule has 0 saturated carbocycles. The van der Waals surface area contributed by atoms with E-state index in [0.717, 1.165) is 17.1 Å². The molecule has 0 amide bonds. The minimum Gasteiger partial charge on any atom is -0.493 e. The molecule has 0 spiro atoms. The molecule has 0 unspecified atom stereocenters. The molecule has 1 aromatic rings. The molecule has 0 N–H and O–H groups in total. The summed E-state index contributed by atoms with van der Waals surface area (Å²) in [5.74, 6) is 2.20. The molecular weight excluding hydrogens is 232 g/mol. The number of ether oxygens (including phenoxy) is 3. The number of fused-ring (bicyclic) bond motifs is 1. The summed E-state index contributed by atoms with van der Waals surface area (Å²) in [6.07, 6.45) is 2.14. The van der Waals surface area contributed by atoms with Gasteiger partial charge in [0, 0.05) is 0 Å². The SMILES string of the molecule is COc1cc(/C=C/[Si](C)(C)C)cc2c1OCO2. The molecule has 4 heteroatoms. The Morgan fingerprint density at radius 3 is 2.65 bits per heavy atom. The average Bonchev–Trinajstić information content (AvgIpc) is 2.72. The van der Waals surface area contributed by atoms with Crippen LogP contribution in [0.5, 0.6) is 17.2 Å². The first kappa shape index (κ1) is 12.0. The van der Waals surface area contributed by atoms with Gasteiger partial charge < -0.3 is 14.2 Å². The van der Waals surface area contributed by atoms with Gasteiger partial charge in [-0.15, -0.1) is 0 Å². The second-order valence-corrected chi connectivity index (χ2v) is 10.2. The van der Waals surface area contributed by atoms with E-state index in [1.54, 1.807) is 7.11 Å². The van der Waals surface area contributed by atoms with Crippen molar-refractivity contribution in [2.75, 3.05) is 13.9 Å². The highest BCUT2D eigenvalue weighted by atomic mass is 28.3. The quantitative estimate of drug-likeness (QED) is 0.770. The molecule has 0 saturated heterocycles. The van der Waals surface area contributed by atoms with Crippen LogP contribution in [0.1, 0.15) is 5.56 Å². The van der Waals surface area contributed by atoms with Gasteiger partial charge in [-0.2, -0.15) is 0 Å². The van der Waals surface area contributed by atoms with Gasteiger partial charge in [0.2, 0.25) is 12.5 Å². The molecule has 3 nitrogen and oxygen atoms in total. The molecule has 92 valence electrons. The zero-order chi connectivity index (χ0) is 12.5. The van der Waals surface area contributed by atoms with Crippen LogP contribution in [0.4, 0.5) is 0 Å². The van der Waals surface area contributed by atoms with Crippen LogP contribution >= 0.6 is 0 Å². The highest BCUT2D eigenvalue weighted by Gasteiger charge is 2.19. The summed E-state index contributed by atoms with van der Waals surface area (Å²) in [5.41, 5.74) is 3.39. The van der Waals surface area contributed by atoms with Gasteiger partial charge in [-0.1, -0.05) is 31.4 Å². The average molecular weight is 250 g/mol. The van der Waals surface area contributed by atoms with Gasteiger partial charge in [0.05, 0.1) is 15.2 Å². The van der Waals surface area contributed by atoms with Gasteiger partial charge in [-0.25, -0.2) is 0 Å². The molecule has 1 aliphatic rings.